The Morgan fingerprint density at radius 2 is 1.91 bits per heavy atom. The zero-order chi connectivity index (χ0) is 16.8. The van der Waals surface area contributed by atoms with Crippen LogP contribution in [0, 0.1) is 23.7 Å². The number of carbonyl (C=O) groups excluding carboxylic acids is 2. The molecule has 0 saturated carbocycles. The van der Waals surface area contributed by atoms with Gasteiger partial charge in [-0.05, 0) is 30.4 Å². The van der Waals surface area contributed by atoms with E-state index in [-0.39, 0.29) is 24.6 Å². The summed E-state index contributed by atoms with van der Waals surface area (Å²) < 4.78 is 4.93. The first kappa shape index (κ1) is 17.9. The van der Waals surface area contributed by atoms with Crippen LogP contribution in [0.5, 0.6) is 0 Å². The summed E-state index contributed by atoms with van der Waals surface area (Å²) in [5, 5.41) is 9.37. The monoisotopic (exact) mass is 301 g/mol. The van der Waals surface area contributed by atoms with Gasteiger partial charge >= 0.3 is 5.97 Å². The molecule has 0 fully saturated rings. The number of nitrogens with zero attached hydrogens (tertiary/aromatic N) is 1. The number of hydrogen-bond acceptors (Lipinski definition) is 4. The minimum absolute atomic E-state index is 0.161. The quantitative estimate of drug-likeness (QED) is 0.722. The SMILES string of the molecule is CCOC(=O)CC(C)(C)CC(=O)C(C#N)c1ccccc1C. The summed E-state index contributed by atoms with van der Waals surface area (Å²) in [5.74, 6) is -1.27. The second-order valence-electron chi connectivity index (χ2n) is 6.21. The van der Waals surface area contributed by atoms with Gasteiger partial charge in [-0.3, -0.25) is 9.59 Å². The normalized spacial score (nSPS) is 12.3. The van der Waals surface area contributed by atoms with E-state index < -0.39 is 11.3 Å². The van der Waals surface area contributed by atoms with E-state index in [1.165, 1.54) is 0 Å². The molecule has 1 aromatic rings. The van der Waals surface area contributed by atoms with E-state index in [1.807, 2.05) is 39.0 Å². The number of carbonyl (C=O) groups is 2. The summed E-state index contributed by atoms with van der Waals surface area (Å²) in [4.78, 5) is 24.1. The van der Waals surface area contributed by atoms with Gasteiger partial charge in [0.1, 0.15) is 5.92 Å². The van der Waals surface area contributed by atoms with E-state index >= 15 is 0 Å². The lowest BCUT2D eigenvalue weighted by Crippen LogP contribution is -2.25. The molecule has 4 heteroatoms. The van der Waals surface area contributed by atoms with Crippen molar-refractivity contribution in [2.45, 2.75) is 46.5 Å². The van der Waals surface area contributed by atoms with Gasteiger partial charge in [0.05, 0.1) is 19.1 Å². The molecule has 1 unspecified atom stereocenters. The molecule has 22 heavy (non-hydrogen) atoms. The van der Waals surface area contributed by atoms with Crippen molar-refractivity contribution in [3.8, 4) is 6.07 Å². The van der Waals surface area contributed by atoms with Gasteiger partial charge in [0.15, 0.2) is 5.78 Å². The lowest BCUT2D eigenvalue weighted by Gasteiger charge is -2.24. The number of ketones is 1. The fourth-order valence-corrected chi connectivity index (χ4v) is 2.46. The highest BCUT2D eigenvalue weighted by Gasteiger charge is 2.30. The highest BCUT2D eigenvalue weighted by atomic mass is 16.5. The second kappa shape index (κ2) is 7.74. The van der Waals surface area contributed by atoms with Crippen LogP contribution in [-0.4, -0.2) is 18.4 Å². The molecule has 0 spiro atoms. The first-order valence-electron chi connectivity index (χ1n) is 7.44. The number of hydrogen-bond donors (Lipinski definition) is 0. The van der Waals surface area contributed by atoms with Crippen LogP contribution in [0.3, 0.4) is 0 Å². The first-order valence-corrected chi connectivity index (χ1v) is 7.44. The van der Waals surface area contributed by atoms with Gasteiger partial charge in [0.25, 0.3) is 0 Å². The molecule has 118 valence electrons. The summed E-state index contributed by atoms with van der Waals surface area (Å²) in [5.41, 5.74) is 1.13. The Balaban J connectivity index is 2.84. The maximum absolute atomic E-state index is 12.5. The van der Waals surface area contributed by atoms with E-state index in [9.17, 15) is 14.9 Å². The lowest BCUT2D eigenvalue weighted by molar-refractivity contribution is -0.145. The topological polar surface area (TPSA) is 67.2 Å². The minimum atomic E-state index is -0.789. The summed E-state index contributed by atoms with van der Waals surface area (Å²) in [7, 11) is 0. The molecule has 1 rings (SSSR count). The second-order valence-corrected chi connectivity index (χ2v) is 6.21. The number of Topliss-reactive ketones (excluding diaryl/α,β-unsaturated/α-hetero) is 1. The third kappa shape index (κ3) is 5.00. The van der Waals surface area contributed by atoms with Crippen LogP contribution in [-0.2, 0) is 14.3 Å². The Labute approximate surface area is 132 Å². The number of aryl methyl sites for hydroxylation is 1. The number of esters is 1. The van der Waals surface area contributed by atoms with E-state index in [0.717, 1.165) is 11.1 Å². The van der Waals surface area contributed by atoms with Crippen LogP contribution in [0.15, 0.2) is 24.3 Å². The zero-order valence-corrected chi connectivity index (χ0v) is 13.7. The molecule has 1 atom stereocenters. The fourth-order valence-electron chi connectivity index (χ4n) is 2.46. The molecule has 0 amide bonds. The zero-order valence-electron chi connectivity index (χ0n) is 13.7. The predicted molar refractivity (Wildman–Crippen MR) is 84.2 cm³/mol. The molecule has 0 aliphatic carbocycles. The Hall–Kier alpha value is -2.15. The smallest absolute Gasteiger partial charge is 0.306 e. The third-order valence-corrected chi connectivity index (χ3v) is 3.53. The molecule has 0 saturated heterocycles. The van der Waals surface area contributed by atoms with Crippen LogP contribution in [0.1, 0.15) is 50.7 Å². The molecule has 0 radical (unpaired) electrons. The van der Waals surface area contributed by atoms with Gasteiger partial charge in [0, 0.05) is 6.42 Å². The molecule has 4 nitrogen and oxygen atoms in total. The average molecular weight is 301 g/mol. The molecule has 0 heterocycles. The molecule has 0 aliphatic rings. The molecule has 0 aromatic heterocycles. The molecule has 0 aliphatic heterocycles. The van der Waals surface area contributed by atoms with Crippen LogP contribution in [0.25, 0.3) is 0 Å². The third-order valence-electron chi connectivity index (χ3n) is 3.53. The highest BCUT2D eigenvalue weighted by Crippen LogP contribution is 2.30. The summed E-state index contributed by atoms with van der Waals surface area (Å²) >= 11 is 0. The summed E-state index contributed by atoms with van der Waals surface area (Å²) in [6, 6.07) is 9.49. The molecule has 0 N–H and O–H groups in total. The Morgan fingerprint density at radius 3 is 2.45 bits per heavy atom. The van der Waals surface area contributed by atoms with E-state index in [0.29, 0.717) is 6.61 Å². The van der Waals surface area contributed by atoms with Gasteiger partial charge in [0.2, 0.25) is 0 Å². The largest absolute Gasteiger partial charge is 0.466 e. The van der Waals surface area contributed by atoms with Gasteiger partial charge in [-0.15, -0.1) is 0 Å². The van der Waals surface area contributed by atoms with Gasteiger partial charge in [-0.25, -0.2) is 0 Å². The molecule has 0 bridgehead atoms. The fraction of sp³-hybridized carbons (Fsp3) is 0.500. The maximum atomic E-state index is 12.5. The summed E-state index contributed by atoms with van der Waals surface area (Å²) in [6.45, 7) is 7.64. The van der Waals surface area contributed by atoms with Crippen molar-refractivity contribution >= 4 is 11.8 Å². The van der Waals surface area contributed by atoms with E-state index in [4.69, 9.17) is 4.74 Å². The minimum Gasteiger partial charge on any atom is -0.466 e. The maximum Gasteiger partial charge on any atom is 0.306 e. The first-order chi connectivity index (χ1) is 10.3. The number of nitriles is 1. The predicted octanol–water partition coefficient (Wildman–Crippen LogP) is 3.54. The van der Waals surface area contributed by atoms with Crippen molar-refractivity contribution in [2.75, 3.05) is 6.61 Å². The Bertz CT molecular complexity index is 584. The number of rotatable bonds is 7. The Kier molecular flexibility index (Phi) is 6.30. The van der Waals surface area contributed by atoms with Gasteiger partial charge in [-0.2, -0.15) is 5.26 Å². The van der Waals surface area contributed by atoms with Crippen molar-refractivity contribution in [3.63, 3.8) is 0 Å². The van der Waals surface area contributed by atoms with Crippen molar-refractivity contribution in [2.24, 2.45) is 5.41 Å². The van der Waals surface area contributed by atoms with Gasteiger partial charge < -0.3 is 4.74 Å². The molecule has 1 aromatic carbocycles. The van der Waals surface area contributed by atoms with Crippen LogP contribution in [0.2, 0.25) is 0 Å². The lowest BCUT2D eigenvalue weighted by atomic mass is 9.79. The molecular weight excluding hydrogens is 278 g/mol. The standard InChI is InChI=1S/C18H23NO3/c1-5-22-17(21)11-18(3,4)10-16(20)15(12-19)14-9-7-6-8-13(14)2/h6-9,15H,5,10-11H2,1-4H3. The van der Waals surface area contributed by atoms with Crippen molar-refractivity contribution in [1.82, 2.24) is 0 Å². The van der Waals surface area contributed by atoms with E-state index in [1.54, 1.807) is 13.0 Å². The van der Waals surface area contributed by atoms with Crippen molar-refractivity contribution in [1.29, 1.82) is 5.26 Å². The van der Waals surface area contributed by atoms with Crippen LogP contribution >= 0.6 is 0 Å². The van der Waals surface area contributed by atoms with Crippen LogP contribution < -0.4 is 0 Å². The Morgan fingerprint density at radius 1 is 1.27 bits per heavy atom. The van der Waals surface area contributed by atoms with Crippen molar-refractivity contribution < 1.29 is 14.3 Å². The van der Waals surface area contributed by atoms with Crippen molar-refractivity contribution in [3.05, 3.63) is 35.4 Å². The summed E-state index contributed by atoms with van der Waals surface area (Å²) in [6.07, 6.45) is 0.330. The number of ether oxygens (including phenoxy) is 1. The average Bonchev–Trinajstić information content (AvgIpc) is 2.40. The number of benzene rings is 1. The molecular formula is C18H23NO3. The highest BCUT2D eigenvalue weighted by molar-refractivity contribution is 5.89. The van der Waals surface area contributed by atoms with E-state index in [2.05, 4.69) is 6.07 Å². The van der Waals surface area contributed by atoms with Crippen LogP contribution in [0.4, 0.5) is 0 Å². The van der Waals surface area contributed by atoms with Gasteiger partial charge in [-0.1, -0.05) is 38.1 Å².